The molecule has 1 heterocycles. The second-order valence-electron chi connectivity index (χ2n) is 8.17. The number of hydrogen-bond donors (Lipinski definition) is 0. The molecule has 2 rings (SSSR count). The molecule has 180 valence electrons. The zero-order valence-corrected chi connectivity index (χ0v) is 19.6. The van der Waals surface area contributed by atoms with Crippen molar-refractivity contribution < 1.29 is 28.5 Å². The van der Waals surface area contributed by atoms with E-state index < -0.39 is 0 Å². The number of nitrogens with zero attached hydrogens (tertiary/aromatic N) is 1. The van der Waals surface area contributed by atoms with Crippen molar-refractivity contribution in [2.45, 2.75) is 46.1 Å². The van der Waals surface area contributed by atoms with Gasteiger partial charge in [0.25, 0.3) is 0 Å². The molecular formula is C25H39NO6. The van der Waals surface area contributed by atoms with Crippen molar-refractivity contribution in [3.05, 3.63) is 35.9 Å². The van der Waals surface area contributed by atoms with Crippen LogP contribution < -0.4 is 0 Å². The molecule has 1 aliphatic rings. The second-order valence-corrected chi connectivity index (χ2v) is 8.17. The van der Waals surface area contributed by atoms with Crippen LogP contribution >= 0.6 is 0 Å². The fourth-order valence-electron chi connectivity index (χ4n) is 3.85. The summed E-state index contributed by atoms with van der Waals surface area (Å²) in [5, 5.41) is 0. The Kier molecular flexibility index (Phi) is 13.0. The van der Waals surface area contributed by atoms with Crippen molar-refractivity contribution in [2.24, 2.45) is 11.8 Å². The molecule has 2 atom stereocenters. The van der Waals surface area contributed by atoms with E-state index in [-0.39, 0.29) is 23.8 Å². The lowest BCUT2D eigenvalue weighted by molar-refractivity contribution is -0.149. The molecule has 0 saturated carbocycles. The van der Waals surface area contributed by atoms with Gasteiger partial charge < -0.3 is 18.9 Å². The third-order valence-electron chi connectivity index (χ3n) is 5.57. The van der Waals surface area contributed by atoms with Crippen molar-refractivity contribution in [1.82, 2.24) is 4.90 Å². The lowest BCUT2D eigenvalue weighted by Crippen LogP contribution is -2.25. The minimum atomic E-state index is -0.196. The zero-order valence-electron chi connectivity index (χ0n) is 19.6. The van der Waals surface area contributed by atoms with Gasteiger partial charge in [0.2, 0.25) is 0 Å². The van der Waals surface area contributed by atoms with E-state index in [1.807, 2.05) is 32.0 Å². The predicted octanol–water partition coefficient (Wildman–Crippen LogP) is 3.45. The van der Waals surface area contributed by atoms with Gasteiger partial charge in [0.1, 0.15) is 0 Å². The summed E-state index contributed by atoms with van der Waals surface area (Å²) < 4.78 is 21.7. The molecule has 0 bridgehead atoms. The first-order valence-electron chi connectivity index (χ1n) is 11.8. The normalized spacial score (nSPS) is 18.6. The van der Waals surface area contributed by atoms with Crippen molar-refractivity contribution in [3.8, 4) is 0 Å². The highest BCUT2D eigenvalue weighted by Crippen LogP contribution is 2.26. The van der Waals surface area contributed by atoms with E-state index in [9.17, 15) is 9.59 Å². The van der Waals surface area contributed by atoms with Crippen LogP contribution in [-0.2, 0) is 35.1 Å². The van der Waals surface area contributed by atoms with E-state index in [4.69, 9.17) is 18.9 Å². The molecule has 32 heavy (non-hydrogen) atoms. The number of likely N-dealkylation sites (tertiary alicyclic amines) is 1. The molecule has 1 saturated heterocycles. The number of rotatable bonds is 16. The van der Waals surface area contributed by atoms with Gasteiger partial charge in [0.15, 0.2) is 0 Å². The van der Waals surface area contributed by atoms with Crippen LogP contribution in [0.2, 0.25) is 0 Å². The minimum Gasteiger partial charge on any atom is -0.465 e. The Morgan fingerprint density at radius 2 is 1.34 bits per heavy atom. The molecule has 0 aromatic heterocycles. The van der Waals surface area contributed by atoms with Gasteiger partial charge in [0.05, 0.1) is 13.2 Å². The standard InChI is InChI=1S/C25H39NO6/c1-3-29-14-8-12-24(27)31-19-22-17-26(16-21-10-6-5-7-11-21)18-23(22)20-32-25(28)13-9-15-30-4-2/h5-7,10-11,22-23H,3-4,8-9,12-20H2,1-2H3/t22-,23-/m0/s1. The molecule has 0 amide bonds. The van der Waals surface area contributed by atoms with Crippen molar-refractivity contribution in [2.75, 3.05) is 52.7 Å². The molecule has 0 N–H and O–H groups in total. The van der Waals surface area contributed by atoms with Gasteiger partial charge in [-0.15, -0.1) is 0 Å². The summed E-state index contributed by atoms with van der Waals surface area (Å²) in [6, 6.07) is 10.3. The Morgan fingerprint density at radius 1 is 0.844 bits per heavy atom. The van der Waals surface area contributed by atoms with Crippen molar-refractivity contribution in [1.29, 1.82) is 0 Å². The minimum absolute atomic E-state index is 0.144. The van der Waals surface area contributed by atoms with Gasteiger partial charge >= 0.3 is 11.9 Å². The molecular weight excluding hydrogens is 410 g/mol. The Morgan fingerprint density at radius 3 is 1.81 bits per heavy atom. The summed E-state index contributed by atoms with van der Waals surface area (Å²) >= 11 is 0. The van der Waals surface area contributed by atoms with Gasteiger partial charge in [0, 0.05) is 70.7 Å². The predicted molar refractivity (Wildman–Crippen MR) is 122 cm³/mol. The first kappa shape index (κ1) is 26.3. The van der Waals surface area contributed by atoms with E-state index in [1.54, 1.807) is 0 Å². The van der Waals surface area contributed by atoms with Gasteiger partial charge in [-0.3, -0.25) is 14.5 Å². The molecule has 1 aliphatic heterocycles. The Labute approximate surface area is 192 Å². The molecule has 0 aliphatic carbocycles. The van der Waals surface area contributed by atoms with E-state index in [0.29, 0.717) is 65.3 Å². The average molecular weight is 450 g/mol. The second kappa shape index (κ2) is 15.8. The zero-order chi connectivity index (χ0) is 23.0. The SMILES string of the molecule is CCOCCCC(=O)OC[C@@H]1CN(Cc2ccccc2)C[C@H]1COC(=O)CCCOCC. The van der Waals surface area contributed by atoms with Crippen LogP contribution in [0, 0.1) is 11.8 Å². The molecule has 0 spiro atoms. The number of benzene rings is 1. The lowest BCUT2D eigenvalue weighted by Gasteiger charge is -2.18. The third kappa shape index (κ3) is 10.6. The fraction of sp³-hybridized carbons (Fsp3) is 0.680. The number of carbonyl (C=O) groups excluding carboxylic acids is 2. The summed E-state index contributed by atoms with van der Waals surface area (Å²) in [5.74, 6) is -0.104. The first-order chi connectivity index (χ1) is 15.6. The number of carbonyl (C=O) groups is 2. The molecule has 0 unspecified atom stereocenters. The maximum atomic E-state index is 12.1. The van der Waals surface area contributed by atoms with Crippen LogP contribution in [0.3, 0.4) is 0 Å². The number of esters is 2. The van der Waals surface area contributed by atoms with Gasteiger partial charge in [-0.2, -0.15) is 0 Å². The van der Waals surface area contributed by atoms with E-state index >= 15 is 0 Å². The summed E-state index contributed by atoms with van der Waals surface area (Å²) in [5.41, 5.74) is 1.24. The summed E-state index contributed by atoms with van der Waals surface area (Å²) in [4.78, 5) is 26.5. The van der Waals surface area contributed by atoms with Crippen LogP contribution in [-0.4, -0.2) is 69.6 Å². The van der Waals surface area contributed by atoms with Gasteiger partial charge in [-0.25, -0.2) is 0 Å². The van der Waals surface area contributed by atoms with Crippen LogP contribution in [0.25, 0.3) is 0 Å². The monoisotopic (exact) mass is 449 g/mol. The van der Waals surface area contributed by atoms with Crippen LogP contribution in [0.4, 0.5) is 0 Å². The maximum Gasteiger partial charge on any atom is 0.305 e. The summed E-state index contributed by atoms with van der Waals surface area (Å²) in [7, 11) is 0. The number of hydrogen-bond acceptors (Lipinski definition) is 7. The molecule has 1 aromatic carbocycles. The molecule has 7 heteroatoms. The molecule has 0 radical (unpaired) electrons. The third-order valence-corrected chi connectivity index (χ3v) is 5.57. The molecule has 1 aromatic rings. The summed E-state index contributed by atoms with van der Waals surface area (Å²) in [6.45, 7) is 9.48. The maximum absolute atomic E-state index is 12.1. The van der Waals surface area contributed by atoms with Crippen molar-refractivity contribution in [3.63, 3.8) is 0 Å². The lowest BCUT2D eigenvalue weighted by atomic mass is 9.98. The average Bonchev–Trinajstić information content (AvgIpc) is 3.19. The number of ether oxygens (including phenoxy) is 4. The fourth-order valence-corrected chi connectivity index (χ4v) is 3.85. The Hall–Kier alpha value is -1.96. The van der Waals surface area contributed by atoms with E-state index in [1.165, 1.54) is 5.56 Å². The summed E-state index contributed by atoms with van der Waals surface area (Å²) in [6.07, 6.45) is 2.06. The van der Waals surface area contributed by atoms with Gasteiger partial charge in [-0.05, 0) is 32.3 Å². The molecule has 7 nitrogen and oxygen atoms in total. The highest BCUT2D eigenvalue weighted by Gasteiger charge is 2.34. The first-order valence-corrected chi connectivity index (χ1v) is 11.8. The van der Waals surface area contributed by atoms with Crippen LogP contribution in [0.15, 0.2) is 30.3 Å². The smallest absolute Gasteiger partial charge is 0.305 e. The van der Waals surface area contributed by atoms with Crippen molar-refractivity contribution >= 4 is 11.9 Å². The highest BCUT2D eigenvalue weighted by molar-refractivity contribution is 5.69. The topological polar surface area (TPSA) is 74.3 Å². The largest absolute Gasteiger partial charge is 0.465 e. The van der Waals surface area contributed by atoms with Crippen LogP contribution in [0.5, 0.6) is 0 Å². The Balaban J connectivity index is 1.81. The quantitative estimate of drug-likeness (QED) is 0.283. The highest BCUT2D eigenvalue weighted by atomic mass is 16.5. The Bertz CT molecular complexity index is 617. The van der Waals surface area contributed by atoms with Crippen LogP contribution in [0.1, 0.15) is 45.1 Å². The van der Waals surface area contributed by atoms with E-state index in [0.717, 1.165) is 19.6 Å². The molecule has 1 fully saturated rings. The van der Waals surface area contributed by atoms with E-state index in [2.05, 4.69) is 17.0 Å². The van der Waals surface area contributed by atoms with Gasteiger partial charge in [-0.1, -0.05) is 30.3 Å².